The van der Waals surface area contributed by atoms with Gasteiger partial charge in [0.15, 0.2) is 5.78 Å². The second-order valence-corrected chi connectivity index (χ2v) is 5.39. The third-order valence-electron chi connectivity index (χ3n) is 2.92. The van der Waals surface area contributed by atoms with Gasteiger partial charge < -0.3 is 9.47 Å². The van der Waals surface area contributed by atoms with Crippen LogP contribution >= 0.6 is 11.8 Å². The molecule has 4 heteroatoms. The molecule has 2 rings (SSSR count). The second-order valence-electron chi connectivity index (χ2n) is 4.34. The lowest BCUT2D eigenvalue weighted by molar-refractivity contribution is 0.102. The molecule has 2 aromatic carbocycles. The van der Waals surface area contributed by atoms with Crippen molar-refractivity contribution >= 4 is 17.5 Å². The summed E-state index contributed by atoms with van der Waals surface area (Å²) in [5.74, 6) is 2.13. The largest absolute Gasteiger partial charge is 0.497 e. The smallest absolute Gasteiger partial charge is 0.173 e. The molecule has 0 bridgehead atoms. The lowest BCUT2D eigenvalue weighted by Gasteiger charge is -2.05. The molecule has 0 aromatic heterocycles. The van der Waals surface area contributed by atoms with Gasteiger partial charge in [0, 0.05) is 10.5 Å². The van der Waals surface area contributed by atoms with Gasteiger partial charge in [-0.3, -0.25) is 4.79 Å². The Morgan fingerprint density at radius 1 is 1.00 bits per heavy atom. The molecule has 0 N–H and O–H groups in total. The predicted molar refractivity (Wildman–Crippen MR) is 85.7 cm³/mol. The molecule has 2 aromatic rings. The SMILES string of the molecule is CCOc1ccc(C(=O)CSc2ccc(OC)cc2)cc1. The van der Waals surface area contributed by atoms with Crippen molar-refractivity contribution in [1.29, 1.82) is 0 Å². The molecular weight excluding hydrogens is 284 g/mol. The minimum atomic E-state index is 0.110. The summed E-state index contributed by atoms with van der Waals surface area (Å²) in [4.78, 5) is 13.2. The van der Waals surface area contributed by atoms with E-state index in [-0.39, 0.29) is 5.78 Å². The summed E-state index contributed by atoms with van der Waals surface area (Å²) in [6.07, 6.45) is 0. The Hall–Kier alpha value is -1.94. The van der Waals surface area contributed by atoms with Crippen molar-refractivity contribution in [2.45, 2.75) is 11.8 Å². The number of hydrogen-bond acceptors (Lipinski definition) is 4. The summed E-state index contributed by atoms with van der Waals surface area (Å²) >= 11 is 1.52. The maximum atomic E-state index is 12.1. The van der Waals surface area contributed by atoms with Crippen molar-refractivity contribution in [3.8, 4) is 11.5 Å². The number of thioether (sulfide) groups is 1. The maximum absolute atomic E-state index is 12.1. The molecule has 0 spiro atoms. The van der Waals surface area contributed by atoms with Crippen LogP contribution in [0.4, 0.5) is 0 Å². The first-order valence-corrected chi connectivity index (χ1v) is 7.74. The molecule has 0 radical (unpaired) electrons. The summed E-state index contributed by atoms with van der Waals surface area (Å²) in [6, 6.07) is 15.0. The number of benzene rings is 2. The molecule has 0 unspecified atom stereocenters. The molecule has 0 atom stereocenters. The average molecular weight is 302 g/mol. The lowest BCUT2D eigenvalue weighted by atomic mass is 10.1. The van der Waals surface area contributed by atoms with Crippen LogP contribution in [-0.4, -0.2) is 25.3 Å². The molecule has 0 fully saturated rings. The minimum Gasteiger partial charge on any atom is -0.497 e. The van der Waals surface area contributed by atoms with E-state index in [1.807, 2.05) is 55.5 Å². The molecule has 0 saturated carbocycles. The second kappa shape index (κ2) is 7.74. The number of carbonyl (C=O) groups is 1. The van der Waals surface area contributed by atoms with E-state index in [0.717, 1.165) is 16.4 Å². The van der Waals surface area contributed by atoms with Crippen LogP contribution in [0.3, 0.4) is 0 Å². The number of methoxy groups -OCH3 is 1. The standard InChI is InChI=1S/C17H18O3S/c1-3-20-15-6-4-13(5-7-15)17(18)12-21-16-10-8-14(19-2)9-11-16/h4-11H,3,12H2,1-2H3. The van der Waals surface area contributed by atoms with Gasteiger partial charge >= 0.3 is 0 Å². The van der Waals surface area contributed by atoms with Crippen molar-refractivity contribution in [3.05, 3.63) is 54.1 Å². The highest BCUT2D eigenvalue weighted by molar-refractivity contribution is 8.00. The molecule has 0 heterocycles. The number of ether oxygens (including phenoxy) is 2. The highest BCUT2D eigenvalue weighted by atomic mass is 32.2. The molecular formula is C17H18O3S. The molecule has 3 nitrogen and oxygen atoms in total. The Labute approximate surface area is 129 Å². The first kappa shape index (κ1) is 15.4. The van der Waals surface area contributed by atoms with E-state index in [4.69, 9.17) is 9.47 Å². The Bertz CT molecular complexity index is 576. The predicted octanol–water partition coefficient (Wildman–Crippen LogP) is 4.07. The normalized spacial score (nSPS) is 10.2. The highest BCUT2D eigenvalue weighted by Crippen LogP contribution is 2.22. The van der Waals surface area contributed by atoms with E-state index in [1.165, 1.54) is 11.8 Å². The number of ketones is 1. The van der Waals surface area contributed by atoms with Gasteiger partial charge in [-0.15, -0.1) is 11.8 Å². The van der Waals surface area contributed by atoms with Gasteiger partial charge in [0.05, 0.1) is 19.5 Å². The Balaban J connectivity index is 1.91. The summed E-state index contributed by atoms with van der Waals surface area (Å²) < 4.78 is 10.5. The summed E-state index contributed by atoms with van der Waals surface area (Å²) in [5, 5.41) is 0. The monoisotopic (exact) mass is 302 g/mol. The minimum absolute atomic E-state index is 0.110. The van der Waals surface area contributed by atoms with Crippen LogP contribution in [0.2, 0.25) is 0 Å². The van der Waals surface area contributed by atoms with E-state index in [9.17, 15) is 4.79 Å². The van der Waals surface area contributed by atoms with Crippen LogP contribution in [0, 0.1) is 0 Å². The molecule has 0 aliphatic rings. The number of rotatable bonds is 7. The third kappa shape index (κ3) is 4.53. The van der Waals surface area contributed by atoms with E-state index < -0.39 is 0 Å². The molecule has 0 amide bonds. The van der Waals surface area contributed by atoms with Crippen LogP contribution in [0.5, 0.6) is 11.5 Å². The van der Waals surface area contributed by atoms with Gasteiger partial charge in [-0.25, -0.2) is 0 Å². The van der Waals surface area contributed by atoms with Gasteiger partial charge in [0.25, 0.3) is 0 Å². The topological polar surface area (TPSA) is 35.5 Å². The quantitative estimate of drug-likeness (QED) is 0.570. The van der Waals surface area contributed by atoms with Crippen LogP contribution in [0.1, 0.15) is 17.3 Å². The number of Topliss-reactive ketones (excluding diaryl/α,β-unsaturated/α-hetero) is 1. The molecule has 110 valence electrons. The van der Waals surface area contributed by atoms with Crippen LogP contribution in [-0.2, 0) is 0 Å². The lowest BCUT2D eigenvalue weighted by Crippen LogP contribution is -2.02. The molecule has 0 aliphatic heterocycles. The zero-order valence-electron chi connectivity index (χ0n) is 12.2. The molecule has 0 saturated heterocycles. The van der Waals surface area contributed by atoms with Gasteiger partial charge in [-0.05, 0) is 55.5 Å². The summed E-state index contributed by atoms with van der Waals surface area (Å²) in [6.45, 7) is 2.56. The maximum Gasteiger partial charge on any atom is 0.173 e. The highest BCUT2D eigenvalue weighted by Gasteiger charge is 2.07. The Morgan fingerprint density at radius 3 is 2.19 bits per heavy atom. The van der Waals surface area contributed by atoms with E-state index >= 15 is 0 Å². The fourth-order valence-electron chi connectivity index (χ4n) is 1.81. The Morgan fingerprint density at radius 2 is 1.62 bits per heavy atom. The van der Waals surface area contributed by atoms with Gasteiger partial charge in [0.1, 0.15) is 11.5 Å². The zero-order chi connectivity index (χ0) is 15.1. The van der Waals surface area contributed by atoms with Crippen LogP contribution in [0.25, 0.3) is 0 Å². The van der Waals surface area contributed by atoms with E-state index in [0.29, 0.717) is 17.9 Å². The molecule has 21 heavy (non-hydrogen) atoms. The first-order chi connectivity index (χ1) is 10.2. The fourth-order valence-corrected chi connectivity index (χ4v) is 2.60. The van der Waals surface area contributed by atoms with Crippen molar-refractivity contribution in [1.82, 2.24) is 0 Å². The Kier molecular flexibility index (Phi) is 5.69. The van der Waals surface area contributed by atoms with Crippen molar-refractivity contribution in [3.63, 3.8) is 0 Å². The summed E-state index contributed by atoms with van der Waals surface area (Å²) in [7, 11) is 1.64. The third-order valence-corrected chi connectivity index (χ3v) is 3.93. The van der Waals surface area contributed by atoms with Crippen molar-refractivity contribution < 1.29 is 14.3 Å². The number of hydrogen-bond donors (Lipinski definition) is 0. The van der Waals surface area contributed by atoms with Crippen molar-refractivity contribution in [2.75, 3.05) is 19.5 Å². The summed E-state index contributed by atoms with van der Waals surface area (Å²) in [5.41, 5.74) is 0.708. The van der Waals surface area contributed by atoms with Gasteiger partial charge in [-0.2, -0.15) is 0 Å². The van der Waals surface area contributed by atoms with E-state index in [1.54, 1.807) is 7.11 Å². The average Bonchev–Trinajstić information content (AvgIpc) is 2.54. The molecule has 0 aliphatic carbocycles. The van der Waals surface area contributed by atoms with Crippen molar-refractivity contribution in [2.24, 2.45) is 0 Å². The van der Waals surface area contributed by atoms with Gasteiger partial charge in [-0.1, -0.05) is 0 Å². The number of carbonyl (C=O) groups excluding carboxylic acids is 1. The first-order valence-electron chi connectivity index (χ1n) is 6.76. The fraction of sp³-hybridized carbons (Fsp3) is 0.235. The van der Waals surface area contributed by atoms with E-state index in [2.05, 4.69) is 0 Å². The van der Waals surface area contributed by atoms with Crippen LogP contribution in [0.15, 0.2) is 53.4 Å². The van der Waals surface area contributed by atoms with Crippen LogP contribution < -0.4 is 9.47 Å². The zero-order valence-corrected chi connectivity index (χ0v) is 13.0. The van der Waals surface area contributed by atoms with Gasteiger partial charge in [0.2, 0.25) is 0 Å².